The maximum Gasteiger partial charge on any atom is 0.0976 e. The molecule has 0 amide bonds. The molecule has 0 spiro atoms. The first-order valence-corrected chi connectivity index (χ1v) is 7.01. The van der Waals surface area contributed by atoms with Crippen LogP contribution in [0.4, 0.5) is 0 Å². The minimum absolute atomic E-state index is 0.226. The van der Waals surface area contributed by atoms with Gasteiger partial charge in [0.2, 0.25) is 0 Å². The van der Waals surface area contributed by atoms with Gasteiger partial charge in [-0.05, 0) is 12.8 Å². The van der Waals surface area contributed by atoms with Crippen LogP contribution in [0.25, 0.3) is 0 Å². The fourth-order valence-corrected chi connectivity index (χ4v) is 1.89. The lowest BCUT2D eigenvalue weighted by molar-refractivity contribution is -0.0796. The lowest BCUT2D eigenvalue weighted by Gasteiger charge is -2.24. The zero-order valence-corrected chi connectivity index (χ0v) is 11.8. The quantitative estimate of drug-likeness (QED) is 0.761. The minimum atomic E-state index is -0.358. The van der Waals surface area contributed by atoms with Crippen LogP contribution in [-0.2, 0) is 18.9 Å². The summed E-state index contributed by atoms with van der Waals surface area (Å²) >= 11 is 0. The highest BCUT2D eigenvalue weighted by Crippen LogP contribution is 2.13. The van der Waals surface area contributed by atoms with E-state index < -0.39 is 0 Å². The first kappa shape index (κ1) is 16.9. The Hall–Kier alpha value is -1.18. The molecule has 0 bridgehead atoms. The standard InChI is InChI=1S/C14H22N2O4/c15-5-3-13-14(4-6-16)20-10-2-8-18-12-11-17-7-1-9-19-13/h13-14H,1-4,7-12H2/t13-,14-/m0/s1. The number of nitriles is 2. The molecule has 1 aliphatic heterocycles. The summed E-state index contributed by atoms with van der Waals surface area (Å²) in [6.07, 6.45) is 1.24. The number of nitrogens with zero attached hydrogens (tertiary/aromatic N) is 2. The third-order valence-corrected chi connectivity index (χ3v) is 2.90. The molecular formula is C14H22N2O4. The number of ether oxygens (including phenoxy) is 4. The second-order valence-corrected chi connectivity index (χ2v) is 4.47. The number of hydrogen-bond donors (Lipinski definition) is 0. The summed E-state index contributed by atoms with van der Waals surface area (Å²) in [6, 6.07) is 4.18. The molecule has 1 aliphatic rings. The minimum Gasteiger partial charge on any atom is -0.379 e. The molecule has 0 radical (unpaired) electrons. The molecule has 0 aromatic heterocycles. The van der Waals surface area contributed by atoms with Crippen molar-refractivity contribution in [2.45, 2.75) is 37.9 Å². The van der Waals surface area contributed by atoms with Crippen molar-refractivity contribution in [3.63, 3.8) is 0 Å². The van der Waals surface area contributed by atoms with Crippen molar-refractivity contribution in [1.82, 2.24) is 0 Å². The van der Waals surface area contributed by atoms with E-state index in [1.165, 1.54) is 0 Å². The summed E-state index contributed by atoms with van der Waals surface area (Å²) in [5.74, 6) is 0. The lowest BCUT2D eigenvalue weighted by atomic mass is 10.1. The predicted octanol–water partition coefficient (Wildman–Crippen LogP) is 1.41. The Balaban J connectivity index is 2.51. The van der Waals surface area contributed by atoms with Gasteiger partial charge in [0.25, 0.3) is 0 Å². The van der Waals surface area contributed by atoms with Gasteiger partial charge in [0.1, 0.15) is 0 Å². The molecule has 0 saturated carbocycles. The highest BCUT2D eigenvalue weighted by atomic mass is 16.5. The van der Waals surface area contributed by atoms with E-state index in [4.69, 9.17) is 29.5 Å². The Morgan fingerprint density at radius 2 is 1.15 bits per heavy atom. The van der Waals surface area contributed by atoms with E-state index in [-0.39, 0.29) is 25.0 Å². The fourth-order valence-electron chi connectivity index (χ4n) is 1.89. The summed E-state index contributed by atoms with van der Waals surface area (Å²) in [5, 5.41) is 17.7. The molecule has 0 N–H and O–H groups in total. The van der Waals surface area contributed by atoms with Gasteiger partial charge in [0.15, 0.2) is 0 Å². The topological polar surface area (TPSA) is 84.5 Å². The molecule has 0 aromatic carbocycles. The van der Waals surface area contributed by atoms with Crippen LogP contribution < -0.4 is 0 Å². The zero-order chi connectivity index (χ0) is 14.5. The summed E-state index contributed by atoms with van der Waals surface area (Å²) in [5.41, 5.74) is 0. The van der Waals surface area contributed by atoms with Crippen LogP contribution in [0.2, 0.25) is 0 Å². The van der Waals surface area contributed by atoms with Gasteiger partial charge in [-0.1, -0.05) is 0 Å². The van der Waals surface area contributed by atoms with Gasteiger partial charge < -0.3 is 18.9 Å². The van der Waals surface area contributed by atoms with Gasteiger partial charge >= 0.3 is 0 Å². The third-order valence-electron chi connectivity index (χ3n) is 2.90. The summed E-state index contributed by atoms with van der Waals surface area (Å²) < 4.78 is 22.2. The molecule has 1 saturated heterocycles. The van der Waals surface area contributed by atoms with Crippen LogP contribution >= 0.6 is 0 Å². The van der Waals surface area contributed by atoms with E-state index in [9.17, 15) is 0 Å². The Bertz CT molecular complexity index is 292. The smallest absolute Gasteiger partial charge is 0.0976 e. The highest BCUT2D eigenvalue weighted by Gasteiger charge is 2.23. The Labute approximate surface area is 120 Å². The first-order chi connectivity index (χ1) is 9.88. The van der Waals surface area contributed by atoms with Crippen LogP contribution in [0.1, 0.15) is 25.7 Å². The van der Waals surface area contributed by atoms with E-state index in [1.807, 2.05) is 0 Å². The van der Waals surface area contributed by atoms with Crippen molar-refractivity contribution in [3.05, 3.63) is 0 Å². The van der Waals surface area contributed by atoms with Crippen LogP contribution in [0, 0.1) is 22.7 Å². The van der Waals surface area contributed by atoms with E-state index in [0.717, 1.165) is 12.8 Å². The maximum absolute atomic E-state index is 8.86. The Kier molecular flexibility index (Phi) is 9.81. The average molecular weight is 282 g/mol. The molecule has 0 aromatic rings. The Morgan fingerprint density at radius 3 is 1.55 bits per heavy atom. The van der Waals surface area contributed by atoms with Crippen molar-refractivity contribution < 1.29 is 18.9 Å². The van der Waals surface area contributed by atoms with Crippen molar-refractivity contribution in [1.29, 1.82) is 10.5 Å². The highest BCUT2D eigenvalue weighted by molar-refractivity contribution is 4.88. The fraction of sp³-hybridized carbons (Fsp3) is 0.857. The van der Waals surface area contributed by atoms with Crippen molar-refractivity contribution in [3.8, 4) is 12.1 Å². The molecule has 112 valence electrons. The molecular weight excluding hydrogens is 260 g/mol. The normalized spacial score (nSPS) is 26.9. The van der Waals surface area contributed by atoms with E-state index >= 15 is 0 Å². The molecule has 0 unspecified atom stereocenters. The molecule has 0 aliphatic carbocycles. The van der Waals surface area contributed by atoms with Crippen molar-refractivity contribution >= 4 is 0 Å². The van der Waals surface area contributed by atoms with Crippen LogP contribution in [0.3, 0.4) is 0 Å². The first-order valence-electron chi connectivity index (χ1n) is 7.01. The van der Waals surface area contributed by atoms with Gasteiger partial charge in [-0.2, -0.15) is 10.5 Å². The largest absolute Gasteiger partial charge is 0.379 e. The summed E-state index contributed by atoms with van der Waals surface area (Å²) in [7, 11) is 0. The summed E-state index contributed by atoms with van der Waals surface area (Å²) in [6.45, 7) is 3.37. The van der Waals surface area contributed by atoms with Crippen LogP contribution in [0.5, 0.6) is 0 Å². The molecule has 1 fully saturated rings. The van der Waals surface area contributed by atoms with Gasteiger partial charge in [-0.25, -0.2) is 0 Å². The number of rotatable bonds is 2. The van der Waals surface area contributed by atoms with Gasteiger partial charge in [-0.15, -0.1) is 0 Å². The molecule has 1 heterocycles. The third kappa shape index (κ3) is 7.42. The monoisotopic (exact) mass is 282 g/mol. The van der Waals surface area contributed by atoms with E-state index in [1.54, 1.807) is 0 Å². The van der Waals surface area contributed by atoms with E-state index in [2.05, 4.69) is 12.1 Å². The predicted molar refractivity (Wildman–Crippen MR) is 70.8 cm³/mol. The SMILES string of the molecule is N#CC[C@@H]1OCCCOCCOCCCO[C@H]1CC#N. The van der Waals surface area contributed by atoms with Gasteiger partial charge in [-0.3, -0.25) is 0 Å². The average Bonchev–Trinajstić information content (AvgIpc) is 2.45. The Morgan fingerprint density at radius 1 is 0.700 bits per heavy atom. The van der Waals surface area contributed by atoms with Gasteiger partial charge in [0, 0.05) is 26.4 Å². The zero-order valence-electron chi connectivity index (χ0n) is 11.8. The maximum atomic E-state index is 8.86. The summed E-state index contributed by atoms with van der Waals surface area (Å²) in [4.78, 5) is 0. The molecule has 1 rings (SSSR count). The second-order valence-electron chi connectivity index (χ2n) is 4.47. The molecule has 2 atom stereocenters. The van der Waals surface area contributed by atoms with Crippen molar-refractivity contribution in [2.24, 2.45) is 0 Å². The van der Waals surface area contributed by atoms with Crippen LogP contribution in [0.15, 0.2) is 0 Å². The lowest BCUT2D eigenvalue weighted by Crippen LogP contribution is -2.32. The van der Waals surface area contributed by atoms with Gasteiger partial charge in [0.05, 0.1) is 50.4 Å². The molecule has 20 heavy (non-hydrogen) atoms. The number of hydrogen-bond acceptors (Lipinski definition) is 6. The van der Waals surface area contributed by atoms with Crippen molar-refractivity contribution in [2.75, 3.05) is 39.6 Å². The van der Waals surface area contributed by atoms with E-state index in [0.29, 0.717) is 39.6 Å². The second kappa shape index (κ2) is 11.6. The molecule has 6 heteroatoms. The van der Waals surface area contributed by atoms with Crippen LogP contribution in [-0.4, -0.2) is 51.8 Å². The molecule has 6 nitrogen and oxygen atoms in total.